The number of non-ortho nitro benzene ring substituents is 1. The van der Waals surface area contributed by atoms with Gasteiger partial charge in [0.05, 0.1) is 36.4 Å². The van der Waals surface area contributed by atoms with Crippen molar-refractivity contribution < 1.29 is 24.0 Å². The summed E-state index contributed by atoms with van der Waals surface area (Å²) in [7, 11) is 2.87. The van der Waals surface area contributed by atoms with Crippen LogP contribution in [0, 0.1) is 16.0 Å². The fourth-order valence-corrected chi connectivity index (χ4v) is 3.30. The van der Waals surface area contributed by atoms with E-state index in [-0.39, 0.29) is 36.0 Å². The second-order valence-corrected chi connectivity index (χ2v) is 6.79. The molecule has 1 aliphatic heterocycles. The number of benzene rings is 2. The van der Waals surface area contributed by atoms with Crippen molar-refractivity contribution in [3.05, 3.63) is 51.5 Å². The summed E-state index contributed by atoms with van der Waals surface area (Å²) in [5.74, 6) is -0.613. The average Bonchev–Trinajstić information content (AvgIpc) is 3.09. The zero-order valence-electron chi connectivity index (χ0n) is 15.7. The van der Waals surface area contributed by atoms with E-state index in [0.717, 1.165) is 0 Å². The summed E-state index contributed by atoms with van der Waals surface area (Å²) in [6.45, 7) is 0.124. The first kappa shape index (κ1) is 20.4. The summed E-state index contributed by atoms with van der Waals surface area (Å²) in [5, 5.41) is 14.1. The Morgan fingerprint density at radius 2 is 1.90 bits per heavy atom. The van der Waals surface area contributed by atoms with E-state index >= 15 is 0 Å². The highest BCUT2D eigenvalue weighted by Crippen LogP contribution is 2.36. The fourth-order valence-electron chi connectivity index (χ4n) is 3.13. The third kappa shape index (κ3) is 4.24. The van der Waals surface area contributed by atoms with Gasteiger partial charge in [-0.3, -0.25) is 19.7 Å². The molecule has 2 aromatic rings. The highest BCUT2D eigenvalue weighted by molar-refractivity contribution is 6.31. The molecule has 10 heteroatoms. The van der Waals surface area contributed by atoms with Gasteiger partial charge in [-0.25, -0.2) is 0 Å². The van der Waals surface area contributed by atoms with Gasteiger partial charge in [0.2, 0.25) is 11.8 Å². The zero-order chi connectivity index (χ0) is 21.1. The number of carbonyl (C=O) groups is 2. The number of carbonyl (C=O) groups excluding carboxylic acids is 2. The molecule has 0 radical (unpaired) electrons. The number of amides is 2. The number of hydrogen-bond acceptors (Lipinski definition) is 6. The lowest BCUT2D eigenvalue weighted by Gasteiger charge is -2.20. The molecule has 1 unspecified atom stereocenters. The predicted octanol–water partition coefficient (Wildman–Crippen LogP) is 3.26. The standard InChI is InChI=1S/C19H18ClN3O6/c1-28-16-6-4-13(23(26)27)9-14(16)21-19(25)11-7-18(24)22(10-11)15-8-12(20)3-5-17(15)29-2/h3-6,8-9,11H,7,10H2,1-2H3,(H,21,25). The number of rotatable bonds is 6. The maximum atomic E-state index is 12.7. The fraction of sp³-hybridized carbons (Fsp3) is 0.263. The van der Waals surface area contributed by atoms with Crippen LogP contribution in [-0.2, 0) is 9.59 Å². The summed E-state index contributed by atoms with van der Waals surface area (Å²) < 4.78 is 10.4. The zero-order valence-corrected chi connectivity index (χ0v) is 16.4. The number of nitro groups is 1. The summed E-state index contributed by atoms with van der Waals surface area (Å²) >= 11 is 6.04. The number of anilines is 2. The molecule has 29 heavy (non-hydrogen) atoms. The molecule has 0 aliphatic carbocycles. The van der Waals surface area contributed by atoms with Crippen LogP contribution in [0.15, 0.2) is 36.4 Å². The molecule has 152 valence electrons. The van der Waals surface area contributed by atoms with Gasteiger partial charge in [0.15, 0.2) is 0 Å². The Bertz CT molecular complexity index is 980. The van der Waals surface area contributed by atoms with Gasteiger partial charge in [0, 0.05) is 30.1 Å². The van der Waals surface area contributed by atoms with E-state index in [1.807, 2.05) is 0 Å². The monoisotopic (exact) mass is 419 g/mol. The summed E-state index contributed by atoms with van der Waals surface area (Å²) in [4.78, 5) is 37.1. The van der Waals surface area contributed by atoms with E-state index in [1.54, 1.807) is 18.2 Å². The molecular weight excluding hydrogens is 402 g/mol. The van der Waals surface area contributed by atoms with E-state index in [4.69, 9.17) is 21.1 Å². The molecule has 0 saturated carbocycles. The number of nitrogens with zero attached hydrogens (tertiary/aromatic N) is 2. The Morgan fingerprint density at radius 1 is 1.21 bits per heavy atom. The van der Waals surface area contributed by atoms with Crippen molar-refractivity contribution in [1.82, 2.24) is 0 Å². The van der Waals surface area contributed by atoms with Crippen LogP contribution in [0.3, 0.4) is 0 Å². The number of nitrogens with one attached hydrogen (secondary N) is 1. The molecule has 0 aromatic heterocycles. The number of methoxy groups -OCH3 is 2. The van der Waals surface area contributed by atoms with Gasteiger partial charge in [0.1, 0.15) is 11.5 Å². The predicted molar refractivity (Wildman–Crippen MR) is 107 cm³/mol. The molecule has 1 saturated heterocycles. The third-order valence-corrected chi connectivity index (χ3v) is 4.81. The van der Waals surface area contributed by atoms with Crippen LogP contribution in [0.25, 0.3) is 0 Å². The Balaban J connectivity index is 1.81. The molecule has 0 bridgehead atoms. The van der Waals surface area contributed by atoms with Crippen molar-refractivity contribution in [2.45, 2.75) is 6.42 Å². The summed E-state index contributed by atoms with van der Waals surface area (Å²) in [6, 6.07) is 8.78. The van der Waals surface area contributed by atoms with Gasteiger partial charge in [-0.15, -0.1) is 0 Å². The molecule has 1 heterocycles. The van der Waals surface area contributed by atoms with Crippen molar-refractivity contribution in [3.8, 4) is 11.5 Å². The van der Waals surface area contributed by atoms with E-state index in [9.17, 15) is 19.7 Å². The van der Waals surface area contributed by atoms with Gasteiger partial charge in [-0.2, -0.15) is 0 Å². The highest BCUT2D eigenvalue weighted by Gasteiger charge is 2.36. The lowest BCUT2D eigenvalue weighted by atomic mass is 10.1. The lowest BCUT2D eigenvalue weighted by molar-refractivity contribution is -0.384. The SMILES string of the molecule is COc1ccc([N+](=O)[O-])cc1NC(=O)C1CC(=O)N(c2cc(Cl)ccc2OC)C1. The van der Waals surface area contributed by atoms with Crippen LogP contribution >= 0.6 is 11.6 Å². The molecule has 1 N–H and O–H groups in total. The van der Waals surface area contributed by atoms with Crippen molar-refractivity contribution in [2.24, 2.45) is 5.92 Å². The van der Waals surface area contributed by atoms with Crippen LogP contribution < -0.4 is 19.7 Å². The minimum Gasteiger partial charge on any atom is -0.495 e. The first-order valence-electron chi connectivity index (χ1n) is 8.61. The van der Waals surface area contributed by atoms with Crippen molar-refractivity contribution in [2.75, 3.05) is 31.0 Å². The molecular formula is C19H18ClN3O6. The highest BCUT2D eigenvalue weighted by atomic mass is 35.5. The first-order valence-corrected chi connectivity index (χ1v) is 8.99. The second kappa shape index (κ2) is 8.36. The number of nitro benzene ring substituents is 1. The van der Waals surface area contributed by atoms with Crippen LogP contribution in [0.1, 0.15) is 6.42 Å². The topological polar surface area (TPSA) is 111 Å². The molecule has 1 fully saturated rings. The number of ether oxygens (including phenoxy) is 2. The summed E-state index contributed by atoms with van der Waals surface area (Å²) in [5.41, 5.74) is 0.458. The Hall–Kier alpha value is -3.33. The van der Waals surface area contributed by atoms with Crippen molar-refractivity contribution >= 4 is 40.5 Å². The maximum absolute atomic E-state index is 12.7. The molecule has 2 aromatic carbocycles. The summed E-state index contributed by atoms with van der Waals surface area (Å²) in [6.07, 6.45) is -0.0151. The Kier molecular flexibility index (Phi) is 5.88. The normalized spacial score (nSPS) is 15.9. The van der Waals surface area contributed by atoms with Gasteiger partial charge >= 0.3 is 0 Å². The smallest absolute Gasteiger partial charge is 0.271 e. The molecule has 3 rings (SSSR count). The quantitative estimate of drug-likeness (QED) is 0.568. The van der Waals surface area contributed by atoms with Crippen LogP contribution in [0.2, 0.25) is 5.02 Å². The van der Waals surface area contributed by atoms with Crippen molar-refractivity contribution in [3.63, 3.8) is 0 Å². The van der Waals surface area contributed by atoms with Crippen LogP contribution in [0.5, 0.6) is 11.5 Å². The Morgan fingerprint density at radius 3 is 2.55 bits per heavy atom. The minimum atomic E-state index is -0.657. The van der Waals surface area contributed by atoms with E-state index < -0.39 is 16.7 Å². The molecule has 1 aliphatic rings. The largest absolute Gasteiger partial charge is 0.495 e. The minimum absolute atomic E-state index is 0.0151. The maximum Gasteiger partial charge on any atom is 0.271 e. The Labute approximate surface area is 171 Å². The lowest BCUT2D eigenvalue weighted by Crippen LogP contribution is -2.28. The molecule has 0 spiro atoms. The van der Waals surface area contributed by atoms with Crippen LogP contribution in [0.4, 0.5) is 17.1 Å². The van der Waals surface area contributed by atoms with E-state index in [0.29, 0.717) is 16.5 Å². The van der Waals surface area contributed by atoms with Gasteiger partial charge in [0.25, 0.3) is 5.69 Å². The van der Waals surface area contributed by atoms with Gasteiger partial charge < -0.3 is 19.7 Å². The van der Waals surface area contributed by atoms with Gasteiger partial charge in [-0.1, -0.05) is 11.6 Å². The average molecular weight is 420 g/mol. The van der Waals surface area contributed by atoms with E-state index in [1.165, 1.54) is 37.3 Å². The van der Waals surface area contributed by atoms with E-state index in [2.05, 4.69) is 5.32 Å². The van der Waals surface area contributed by atoms with Crippen LogP contribution in [-0.4, -0.2) is 37.5 Å². The number of hydrogen-bond donors (Lipinski definition) is 1. The third-order valence-electron chi connectivity index (χ3n) is 4.58. The number of halogens is 1. The second-order valence-electron chi connectivity index (χ2n) is 6.35. The molecule has 2 amide bonds. The molecule has 1 atom stereocenters. The molecule has 9 nitrogen and oxygen atoms in total. The van der Waals surface area contributed by atoms with Crippen molar-refractivity contribution in [1.29, 1.82) is 0 Å². The van der Waals surface area contributed by atoms with Gasteiger partial charge in [-0.05, 0) is 24.3 Å². The first-order chi connectivity index (χ1) is 13.8.